The van der Waals surface area contributed by atoms with Gasteiger partial charge in [-0.2, -0.15) is 5.26 Å². The third kappa shape index (κ3) is 3.20. The summed E-state index contributed by atoms with van der Waals surface area (Å²) >= 11 is 0. The lowest BCUT2D eigenvalue weighted by molar-refractivity contribution is -0.133. The van der Waals surface area contributed by atoms with Crippen LogP contribution in [-0.4, -0.2) is 45.3 Å². The fourth-order valence-corrected chi connectivity index (χ4v) is 3.45. The highest BCUT2D eigenvalue weighted by Crippen LogP contribution is 2.37. The number of nitriles is 1. The van der Waals surface area contributed by atoms with Crippen molar-refractivity contribution >= 4 is 5.91 Å². The molecule has 0 radical (unpaired) electrons. The van der Waals surface area contributed by atoms with Crippen molar-refractivity contribution in [2.75, 3.05) is 19.8 Å². The Morgan fingerprint density at radius 3 is 2.92 bits per heavy atom. The van der Waals surface area contributed by atoms with Crippen molar-refractivity contribution in [2.24, 2.45) is 0 Å². The van der Waals surface area contributed by atoms with Crippen LogP contribution in [0.25, 0.3) is 0 Å². The van der Waals surface area contributed by atoms with Gasteiger partial charge in [-0.1, -0.05) is 6.07 Å². The van der Waals surface area contributed by atoms with Crippen LogP contribution in [0.15, 0.2) is 24.5 Å². The molecule has 1 unspecified atom stereocenters. The first-order valence-electron chi connectivity index (χ1n) is 8.73. The largest absolute Gasteiger partial charge is 0.490 e. The third-order valence-corrected chi connectivity index (χ3v) is 4.66. The van der Waals surface area contributed by atoms with Gasteiger partial charge in [0.1, 0.15) is 18.9 Å². The molecule has 0 spiro atoms. The van der Waals surface area contributed by atoms with Gasteiger partial charge < -0.3 is 14.4 Å². The zero-order valence-electron chi connectivity index (χ0n) is 14.3. The molecule has 1 aromatic heterocycles. The maximum Gasteiger partial charge on any atom is 0.252 e. The molecule has 2 aliphatic rings. The summed E-state index contributed by atoms with van der Waals surface area (Å²) in [6, 6.07) is 7.80. The van der Waals surface area contributed by atoms with Gasteiger partial charge in [0.2, 0.25) is 5.91 Å². The molecule has 1 aromatic carbocycles. The van der Waals surface area contributed by atoms with Gasteiger partial charge in [-0.05, 0) is 30.5 Å². The molecular weight excluding hydrogens is 334 g/mol. The van der Waals surface area contributed by atoms with Crippen molar-refractivity contribution < 1.29 is 14.3 Å². The van der Waals surface area contributed by atoms with Gasteiger partial charge in [0.15, 0.2) is 11.5 Å². The van der Waals surface area contributed by atoms with Crippen molar-refractivity contribution in [2.45, 2.75) is 31.8 Å². The van der Waals surface area contributed by atoms with Gasteiger partial charge in [-0.25, -0.2) is 9.67 Å². The Balaban J connectivity index is 1.52. The molecule has 1 fully saturated rings. The van der Waals surface area contributed by atoms with Gasteiger partial charge in [-0.15, -0.1) is 5.10 Å². The average Bonchev–Trinajstić information content (AvgIpc) is 3.26. The SMILES string of the molecule is N#Cc1ncn(CC(=O)N2CCCC2c2ccc3c(c2)OCCCO3)n1. The first kappa shape index (κ1) is 16.4. The summed E-state index contributed by atoms with van der Waals surface area (Å²) in [6.07, 6.45) is 4.13. The summed E-state index contributed by atoms with van der Waals surface area (Å²) in [5, 5.41) is 12.8. The van der Waals surface area contributed by atoms with E-state index in [9.17, 15) is 4.79 Å². The topological polar surface area (TPSA) is 93.3 Å². The number of aromatic nitrogens is 3. The lowest BCUT2D eigenvalue weighted by Gasteiger charge is -2.25. The summed E-state index contributed by atoms with van der Waals surface area (Å²) in [4.78, 5) is 18.4. The highest BCUT2D eigenvalue weighted by atomic mass is 16.5. The highest BCUT2D eigenvalue weighted by Gasteiger charge is 2.31. The minimum absolute atomic E-state index is 0.0126. The molecule has 2 aliphatic heterocycles. The number of nitrogens with zero attached hydrogens (tertiary/aromatic N) is 5. The molecule has 134 valence electrons. The first-order valence-corrected chi connectivity index (χ1v) is 8.73. The molecule has 0 N–H and O–H groups in total. The minimum Gasteiger partial charge on any atom is -0.490 e. The zero-order chi connectivity index (χ0) is 17.9. The van der Waals surface area contributed by atoms with Crippen molar-refractivity contribution in [1.29, 1.82) is 5.26 Å². The fraction of sp³-hybridized carbons (Fsp3) is 0.444. The Labute approximate surface area is 150 Å². The molecule has 8 nitrogen and oxygen atoms in total. The number of rotatable bonds is 3. The average molecular weight is 353 g/mol. The standard InChI is InChI=1S/C18H19N5O3/c19-10-17-20-12-22(21-17)11-18(24)23-6-1-3-14(23)13-4-5-15-16(9-13)26-8-2-7-25-15/h4-5,9,12,14H,1-3,6-8,11H2. The maximum absolute atomic E-state index is 12.7. The molecule has 1 amide bonds. The van der Waals surface area contributed by atoms with E-state index in [1.54, 1.807) is 0 Å². The minimum atomic E-state index is -0.0333. The number of fused-ring (bicyclic) bond motifs is 1. The van der Waals surface area contributed by atoms with Crippen LogP contribution in [0.5, 0.6) is 11.5 Å². The molecule has 0 bridgehead atoms. The molecule has 3 heterocycles. The molecule has 0 saturated carbocycles. The van der Waals surface area contributed by atoms with Gasteiger partial charge in [0.05, 0.1) is 19.3 Å². The lowest BCUT2D eigenvalue weighted by atomic mass is 10.0. The van der Waals surface area contributed by atoms with Crippen molar-refractivity contribution in [3.05, 3.63) is 35.9 Å². The van der Waals surface area contributed by atoms with Gasteiger partial charge in [-0.3, -0.25) is 4.79 Å². The number of hydrogen-bond acceptors (Lipinski definition) is 6. The lowest BCUT2D eigenvalue weighted by Crippen LogP contribution is -2.33. The quantitative estimate of drug-likeness (QED) is 0.833. The van der Waals surface area contributed by atoms with E-state index in [1.807, 2.05) is 29.2 Å². The van der Waals surface area contributed by atoms with E-state index < -0.39 is 0 Å². The summed E-state index contributed by atoms with van der Waals surface area (Å²) < 4.78 is 12.9. The Morgan fingerprint density at radius 1 is 1.27 bits per heavy atom. The normalized spacial score (nSPS) is 19.0. The molecule has 26 heavy (non-hydrogen) atoms. The molecule has 1 saturated heterocycles. The zero-order valence-corrected chi connectivity index (χ0v) is 14.3. The Kier molecular flexibility index (Phi) is 4.44. The molecule has 0 aliphatic carbocycles. The highest BCUT2D eigenvalue weighted by molar-refractivity contribution is 5.76. The molecule has 8 heteroatoms. The Hall–Kier alpha value is -3.08. The van der Waals surface area contributed by atoms with Crippen LogP contribution in [0.1, 0.15) is 36.7 Å². The first-order chi connectivity index (χ1) is 12.7. The number of likely N-dealkylation sites (tertiary alicyclic amines) is 1. The van der Waals surface area contributed by atoms with Crippen LogP contribution in [0.2, 0.25) is 0 Å². The number of carbonyl (C=O) groups excluding carboxylic acids is 1. The van der Waals surface area contributed by atoms with E-state index >= 15 is 0 Å². The monoisotopic (exact) mass is 353 g/mol. The number of hydrogen-bond donors (Lipinski definition) is 0. The van der Waals surface area contributed by atoms with Crippen molar-refractivity contribution in [3.63, 3.8) is 0 Å². The molecule has 4 rings (SSSR count). The number of ether oxygens (including phenoxy) is 2. The summed E-state index contributed by atoms with van der Waals surface area (Å²) in [5.74, 6) is 1.54. The van der Waals surface area contributed by atoms with Crippen molar-refractivity contribution in [3.8, 4) is 17.6 Å². The Bertz CT molecular complexity index is 857. The second-order valence-electron chi connectivity index (χ2n) is 6.38. The van der Waals surface area contributed by atoms with Gasteiger partial charge in [0.25, 0.3) is 5.82 Å². The van der Waals surface area contributed by atoms with Crippen LogP contribution in [0, 0.1) is 11.3 Å². The molecule has 1 atom stereocenters. The molecular formula is C18H19N5O3. The summed E-state index contributed by atoms with van der Waals surface area (Å²) in [5.41, 5.74) is 1.05. The predicted octanol–water partition coefficient (Wildman–Crippen LogP) is 1.67. The Morgan fingerprint density at radius 2 is 2.12 bits per heavy atom. The maximum atomic E-state index is 12.7. The van der Waals surface area contributed by atoms with E-state index in [0.717, 1.165) is 36.3 Å². The van der Waals surface area contributed by atoms with Crippen LogP contribution in [0.3, 0.4) is 0 Å². The van der Waals surface area contributed by atoms with Gasteiger partial charge in [0, 0.05) is 13.0 Å². The number of benzene rings is 1. The van der Waals surface area contributed by atoms with Crippen LogP contribution in [0.4, 0.5) is 0 Å². The third-order valence-electron chi connectivity index (χ3n) is 4.66. The van der Waals surface area contributed by atoms with E-state index in [4.69, 9.17) is 14.7 Å². The van der Waals surface area contributed by atoms with E-state index in [2.05, 4.69) is 10.1 Å². The van der Waals surface area contributed by atoms with E-state index in [1.165, 1.54) is 11.0 Å². The number of carbonyl (C=O) groups is 1. The number of amides is 1. The fourth-order valence-electron chi connectivity index (χ4n) is 3.45. The van der Waals surface area contributed by atoms with Crippen LogP contribution < -0.4 is 9.47 Å². The van der Waals surface area contributed by atoms with Gasteiger partial charge >= 0.3 is 0 Å². The van der Waals surface area contributed by atoms with E-state index in [0.29, 0.717) is 19.8 Å². The summed E-state index contributed by atoms with van der Waals surface area (Å²) in [7, 11) is 0. The van der Waals surface area contributed by atoms with Crippen molar-refractivity contribution in [1.82, 2.24) is 19.7 Å². The smallest absolute Gasteiger partial charge is 0.252 e. The summed E-state index contributed by atoms with van der Waals surface area (Å²) in [6.45, 7) is 2.08. The van der Waals surface area contributed by atoms with Crippen LogP contribution in [-0.2, 0) is 11.3 Å². The van der Waals surface area contributed by atoms with Crippen LogP contribution >= 0.6 is 0 Å². The van der Waals surface area contributed by atoms with E-state index in [-0.39, 0.29) is 24.3 Å². The predicted molar refractivity (Wildman–Crippen MR) is 90.5 cm³/mol. The molecule has 2 aromatic rings. The second-order valence-corrected chi connectivity index (χ2v) is 6.38. The second kappa shape index (κ2) is 7.04.